The fourth-order valence-electron chi connectivity index (χ4n) is 2.12. The van der Waals surface area contributed by atoms with Crippen molar-refractivity contribution in [3.05, 3.63) is 28.5 Å². The molecule has 0 saturated carbocycles. The van der Waals surface area contributed by atoms with Crippen LogP contribution in [0.1, 0.15) is 6.42 Å². The summed E-state index contributed by atoms with van der Waals surface area (Å²) >= 11 is 3.25. The molecule has 0 radical (unpaired) electrons. The molecule has 0 aromatic heterocycles. The average Bonchev–Trinajstić information content (AvgIpc) is 2.80. The van der Waals surface area contributed by atoms with Crippen molar-refractivity contribution in [1.82, 2.24) is 10.2 Å². The lowest BCUT2D eigenvalue weighted by molar-refractivity contribution is 0.199. The van der Waals surface area contributed by atoms with Crippen molar-refractivity contribution in [2.75, 3.05) is 33.3 Å². The van der Waals surface area contributed by atoms with Gasteiger partial charge in [0.1, 0.15) is 18.2 Å². The summed E-state index contributed by atoms with van der Waals surface area (Å²) in [7, 11) is 2.10. The Bertz CT molecular complexity index is 376. The van der Waals surface area contributed by atoms with Crippen LogP contribution in [0.2, 0.25) is 0 Å². The number of benzene rings is 1. The molecule has 2 rings (SSSR count). The van der Waals surface area contributed by atoms with Gasteiger partial charge in [-0.2, -0.15) is 0 Å². The molecule has 1 aliphatic rings. The SMILES string of the molecule is CN(CCOc1cc(F)cc(Br)c1)C1CCNC1. The monoisotopic (exact) mass is 316 g/mol. The van der Waals surface area contributed by atoms with Crippen LogP contribution in [0.3, 0.4) is 0 Å². The summed E-state index contributed by atoms with van der Waals surface area (Å²) in [4.78, 5) is 2.29. The summed E-state index contributed by atoms with van der Waals surface area (Å²) < 4.78 is 19.4. The van der Waals surface area contributed by atoms with Crippen molar-refractivity contribution in [2.24, 2.45) is 0 Å². The summed E-state index contributed by atoms with van der Waals surface area (Å²) in [5.74, 6) is 0.285. The summed E-state index contributed by atoms with van der Waals surface area (Å²) in [5.41, 5.74) is 0. The highest BCUT2D eigenvalue weighted by Gasteiger charge is 2.18. The van der Waals surface area contributed by atoms with Crippen LogP contribution in [-0.2, 0) is 0 Å². The standard InChI is InChI=1S/C13H18BrFN2O/c1-17(12-2-3-16-9-12)4-5-18-13-7-10(14)6-11(15)8-13/h6-8,12,16H,2-5,9H2,1H3. The fourth-order valence-corrected chi connectivity index (χ4v) is 2.56. The second kappa shape index (κ2) is 6.50. The Balaban J connectivity index is 1.77. The van der Waals surface area contributed by atoms with E-state index >= 15 is 0 Å². The minimum atomic E-state index is -0.285. The lowest BCUT2D eigenvalue weighted by Gasteiger charge is -2.23. The normalized spacial score (nSPS) is 19.4. The van der Waals surface area contributed by atoms with Crippen LogP contribution in [0.4, 0.5) is 4.39 Å². The molecule has 5 heteroatoms. The molecule has 1 aromatic rings. The van der Waals surface area contributed by atoms with E-state index in [0.717, 1.165) is 19.6 Å². The highest BCUT2D eigenvalue weighted by molar-refractivity contribution is 9.10. The molecule has 1 unspecified atom stereocenters. The zero-order valence-electron chi connectivity index (χ0n) is 10.5. The Labute approximate surface area is 115 Å². The molecule has 1 heterocycles. The largest absolute Gasteiger partial charge is 0.492 e. The first kappa shape index (κ1) is 13.8. The third-order valence-corrected chi connectivity index (χ3v) is 3.66. The van der Waals surface area contributed by atoms with E-state index in [1.165, 1.54) is 18.6 Å². The van der Waals surface area contributed by atoms with Crippen molar-refractivity contribution < 1.29 is 9.13 Å². The molecule has 0 aliphatic carbocycles. The first-order chi connectivity index (χ1) is 8.65. The molecule has 18 heavy (non-hydrogen) atoms. The number of nitrogens with zero attached hydrogens (tertiary/aromatic N) is 1. The van der Waals surface area contributed by atoms with Crippen LogP contribution < -0.4 is 10.1 Å². The van der Waals surface area contributed by atoms with Crippen LogP contribution >= 0.6 is 15.9 Å². The second-order valence-electron chi connectivity index (χ2n) is 4.58. The van der Waals surface area contributed by atoms with Crippen molar-refractivity contribution in [2.45, 2.75) is 12.5 Å². The number of nitrogens with one attached hydrogen (secondary N) is 1. The van der Waals surface area contributed by atoms with Gasteiger partial charge in [-0.05, 0) is 32.1 Å². The van der Waals surface area contributed by atoms with E-state index in [-0.39, 0.29) is 5.82 Å². The molecule has 100 valence electrons. The molecule has 3 nitrogen and oxygen atoms in total. The lowest BCUT2D eigenvalue weighted by atomic mass is 10.2. The van der Waals surface area contributed by atoms with Gasteiger partial charge >= 0.3 is 0 Å². The van der Waals surface area contributed by atoms with Gasteiger partial charge in [0.25, 0.3) is 0 Å². The molecule has 1 fully saturated rings. The molecule has 1 aliphatic heterocycles. The Morgan fingerprint density at radius 2 is 2.33 bits per heavy atom. The van der Waals surface area contributed by atoms with Gasteiger partial charge in [-0.1, -0.05) is 15.9 Å². The van der Waals surface area contributed by atoms with Gasteiger partial charge in [0.2, 0.25) is 0 Å². The number of hydrogen-bond acceptors (Lipinski definition) is 3. The van der Waals surface area contributed by atoms with E-state index in [2.05, 4.69) is 33.2 Å². The van der Waals surface area contributed by atoms with Crippen molar-refractivity contribution in [1.29, 1.82) is 0 Å². The quantitative estimate of drug-likeness (QED) is 0.902. The van der Waals surface area contributed by atoms with Crippen LogP contribution in [0.5, 0.6) is 5.75 Å². The van der Waals surface area contributed by atoms with Gasteiger partial charge in [-0.3, -0.25) is 4.90 Å². The smallest absolute Gasteiger partial charge is 0.128 e. The number of rotatable bonds is 5. The molecular formula is C13H18BrFN2O. The van der Waals surface area contributed by atoms with E-state index in [1.54, 1.807) is 6.07 Å². The average molecular weight is 317 g/mol. The number of hydrogen-bond donors (Lipinski definition) is 1. The Morgan fingerprint density at radius 1 is 1.50 bits per heavy atom. The summed E-state index contributed by atoms with van der Waals surface area (Å²) in [6.45, 7) is 3.55. The van der Waals surface area contributed by atoms with Crippen LogP contribution in [-0.4, -0.2) is 44.2 Å². The minimum Gasteiger partial charge on any atom is -0.492 e. The van der Waals surface area contributed by atoms with E-state index in [1.807, 2.05) is 0 Å². The van der Waals surface area contributed by atoms with E-state index in [0.29, 0.717) is 22.9 Å². The van der Waals surface area contributed by atoms with Crippen LogP contribution in [0, 0.1) is 5.82 Å². The molecule has 0 amide bonds. The van der Waals surface area contributed by atoms with Crippen LogP contribution in [0.25, 0.3) is 0 Å². The highest BCUT2D eigenvalue weighted by atomic mass is 79.9. The molecular weight excluding hydrogens is 299 g/mol. The molecule has 1 atom stereocenters. The number of likely N-dealkylation sites (N-methyl/N-ethyl adjacent to an activating group) is 1. The van der Waals surface area contributed by atoms with Gasteiger partial charge in [0.15, 0.2) is 0 Å². The van der Waals surface area contributed by atoms with Crippen LogP contribution in [0.15, 0.2) is 22.7 Å². The fraction of sp³-hybridized carbons (Fsp3) is 0.538. The maximum Gasteiger partial charge on any atom is 0.128 e. The molecule has 0 bridgehead atoms. The third-order valence-electron chi connectivity index (χ3n) is 3.21. The topological polar surface area (TPSA) is 24.5 Å². The molecule has 1 N–H and O–H groups in total. The Hall–Kier alpha value is -0.650. The first-order valence-electron chi connectivity index (χ1n) is 6.15. The Kier molecular flexibility index (Phi) is 4.97. The van der Waals surface area contributed by atoms with E-state index in [4.69, 9.17) is 4.74 Å². The zero-order chi connectivity index (χ0) is 13.0. The lowest BCUT2D eigenvalue weighted by Crippen LogP contribution is -2.36. The van der Waals surface area contributed by atoms with E-state index < -0.39 is 0 Å². The van der Waals surface area contributed by atoms with Gasteiger partial charge < -0.3 is 10.1 Å². The van der Waals surface area contributed by atoms with Crippen molar-refractivity contribution in [3.8, 4) is 5.75 Å². The second-order valence-corrected chi connectivity index (χ2v) is 5.50. The molecule has 0 spiro atoms. The van der Waals surface area contributed by atoms with Crippen molar-refractivity contribution >= 4 is 15.9 Å². The maximum absolute atomic E-state index is 13.1. The van der Waals surface area contributed by atoms with Gasteiger partial charge in [0, 0.05) is 29.7 Å². The van der Waals surface area contributed by atoms with Gasteiger partial charge in [-0.25, -0.2) is 4.39 Å². The highest BCUT2D eigenvalue weighted by Crippen LogP contribution is 2.20. The van der Waals surface area contributed by atoms with Crippen molar-refractivity contribution in [3.63, 3.8) is 0 Å². The maximum atomic E-state index is 13.1. The van der Waals surface area contributed by atoms with Gasteiger partial charge in [-0.15, -0.1) is 0 Å². The predicted octanol–water partition coefficient (Wildman–Crippen LogP) is 2.26. The zero-order valence-corrected chi connectivity index (χ0v) is 12.0. The first-order valence-corrected chi connectivity index (χ1v) is 6.94. The summed E-state index contributed by atoms with van der Waals surface area (Å²) in [6, 6.07) is 5.19. The summed E-state index contributed by atoms with van der Waals surface area (Å²) in [5, 5.41) is 3.34. The molecule has 1 aromatic carbocycles. The molecule has 1 saturated heterocycles. The Morgan fingerprint density at radius 3 is 3.00 bits per heavy atom. The number of halogens is 2. The number of ether oxygens (including phenoxy) is 1. The summed E-state index contributed by atoms with van der Waals surface area (Å²) in [6.07, 6.45) is 1.18. The third kappa shape index (κ3) is 3.93. The van der Waals surface area contributed by atoms with E-state index in [9.17, 15) is 4.39 Å². The predicted molar refractivity (Wildman–Crippen MR) is 73.5 cm³/mol. The minimum absolute atomic E-state index is 0.285. The van der Waals surface area contributed by atoms with Gasteiger partial charge in [0.05, 0.1) is 0 Å².